The van der Waals surface area contributed by atoms with Crippen molar-refractivity contribution in [1.29, 1.82) is 0 Å². The maximum absolute atomic E-state index is 11.9. The summed E-state index contributed by atoms with van der Waals surface area (Å²) in [5, 5.41) is 9.18. The number of hydrogen-bond acceptors (Lipinski definition) is 5. The van der Waals surface area contributed by atoms with Gasteiger partial charge in [-0.2, -0.15) is 0 Å². The molecule has 0 radical (unpaired) electrons. The maximum Gasteiger partial charge on any atom is 0.157 e. The Hall–Kier alpha value is -1.27. The lowest BCUT2D eigenvalue weighted by molar-refractivity contribution is 0.474. The predicted molar refractivity (Wildman–Crippen MR) is 69.4 cm³/mol. The molecule has 0 spiro atoms. The van der Waals surface area contributed by atoms with Crippen LogP contribution in [0.4, 0.5) is 5.69 Å². The molecule has 6 heteroatoms. The molecule has 0 aromatic heterocycles. The molecular formula is C12H16N2O3S. The summed E-state index contributed by atoms with van der Waals surface area (Å²) < 4.78 is 23.8. The van der Waals surface area contributed by atoms with Crippen molar-refractivity contribution in [1.82, 2.24) is 0 Å². The molecule has 2 saturated heterocycles. The zero-order valence-electron chi connectivity index (χ0n) is 9.86. The van der Waals surface area contributed by atoms with Crippen LogP contribution in [0, 0.1) is 0 Å². The number of phenols is 1. The third kappa shape index (κ3) is 1.59. The molecule has 1 aromatic carbocycles. The lowest BCUT2D eigenvalue weighted by atomic mass is 10.2. The fraction of sp³-hybridized carbons (Fsp3) is 0.500. The van der Waals surface area contributed by atoms with E-state index in [1.807, 2.05) is 6.07 Å². The summed E-state index contributed by atoms with van der Waals surface area (Å²) in [6, 6.07) is 6.74. The van der Waals surface area contributed by atoms with Crippen LogP contribution in [-0.4, -0.2) is 43.2 Å². The molecule has 5 nitrogen and oxygen atoms in total. The van der Waals surface area contributed by atoms with Crippen LogP contribution in [0.5, 0.6) is 5.75 Å². The van der Waals surface area contributed by atoms with Gasteiger partial charge in [-0.15, -0.1) is 0 Å². The van der Waals surface area contributed by atoms with E-state index in [0.717, 1.165) is 5.69 Å². The summed E-state index contributed by atoms with van der Waals surface area (Å²) >= 11 is 0. The van der Waals surface area contributed by atoms with Crippen LogP contribution in [0.15, 0.2) is 24.3 Å². The number of rotatable bonds is 2. The second-order valence-corrected chi connectivity index (χ2v) is 7.25. The number of sulfone groups is 1. The van der Waals surface area contributed by atoms with E-state index in [9.17, 15) is 13.5 Å². The summed E-state index contributed by atoms with van der Waals surface area (Å²) in [6.45, 7) is 0.316. The standard InChI is InChI=1S/C12H16N2O3S/c13-6-11-12-5-9(7-18(12,16)17)14(11)8-2-1-3-10(15)4-8/h1-4,9,11-12,15H,5-7,13H2. The molecule has 98 valence electrons. The van der Waals surface area contributed by atoms with Crippen molar-refractivity contribution in [2.45, 2.75) is 23.8 Å². The summed E-state index contributed by atoms with van der Waals surface area (Å²) in [6.07, 6.45) is 0.653. The number of aromatic hydroxyl groups is 1. The Balaban J connectivity index is 2.00. The zero-order chi connectivity index (χ0) is 12.9. The van der Waals surface area contributed by atoms with E-state index in [-0.39, 0.29) is 28.8 Å². The number of anilines is 1. The van der Waals surface area contributed by atoms with Crippen LogP contribution in [-0.2, 0) is 9.84 Å². The van der Waals surface area contributed by atoms with Gasteiger partial charge in [0, 0.05) is 24.3 Å². The minimum absolute atomic E-state index is 0.00431. The Morgan fingerprint density at radius 3 is 2.89 bits per heavy atom. The fourth-order valence-corrected chi connectivity index (χ4v) is 5.55. The summed E-state index contributed by atoms with van der Waals surface area (Å²) in [7, 11) is -2.98. The molecule has 0 aliphatic carbocycles. The number of fused-ring (bicyclic) bond motifs is 2. The van der Waals surface area contributed by atoms with E-state index < -0.39 is 9.84 Å². The molecule has 18 heavy (non-hydrogen) atoms. The first-order valence-corrected chi connectivity index (χ1v) is 7.73. The molecule has 1 aromatic rings. The first-order chi connectivity index (χ1) is 8.53. The molecule has 2 fully saturated rings. The zero-order valence-corrected chi connectivity index (χ0v) is 10.7. The van der Waals surface area contributed by atoms with Crippen molar-refractivity contribution in [2.24, 2.45) is 5.73 Å². The average molecular weight is 268 g/mol. The van der Waals surface area contributed by atoms with Gasteiger partial charge in [-0.3, -0.25) is 0 Å². The lowest BCUT2D eigenvalue weighted by Crippen LogP contribution is -2.52. The number of benzene rings is 1. The van der Waals surface area contributed by atoms with Gasteiger partial charge in [0.1, 0.15) is 5.75 Å². The predicted octanol–water partition coefficient (Wildman–Crippen LogP) is 0.0952. The first kappa shape index (κ1) is 11.8. The molecule has 2 heterocycles. The van der Waals surface area contributed by atoms with Crippen LogP contribution >= 0.6 is 0 Å². The van der Waals surface area contributed by atoms with Gasteiger partial charge in [-0.25, -0.2) is 8.42 Å². The highest BCUT2D eigenvalue weighted by Crippen LogP contribution is 2.41. The van der Waals surface area contributed by atoms with Crippen molar-refractivity contribution in [3.8, 4) is 5.75 Å². The smallest absolute Gasteiger partial charge is 0.157 e. The van der Waals surface area contributed by atoms with E-state index in [2.05, 4.69) is 4.90 Å². The monoisotopic (exact) mass is 268 g/mol. The Morgan fingerprint density at radius 2 is 2.22 bits per heavy atom. The van der Waals surface area contributed by atoms with Gasteiger partial charge in [0.15, 0.2) is 9.84 Å². The van der Waals surface area contributed by atoms with Crippen molar-refractivity contribution in [3.63, 3.8) is 0 Å². The first-order valence-electron chi connectivity index (χ1n) is 6.02. The summed E-state index contributed by atoms with van der Waals surface area (Å²) in [5.41, 5.74) is 6.59. The minimum Gasteiger partial charge on any atom is -0.508 e. The maximum atomic E-state index is 11.9. The Bertz CT molecular complexity index is 572. The van der Waals surface area contributed by atoms with Crippen LogP contribution in [0.1, 0.15) is 6.42 Å². The largest absolute Gasteiger partial charge is 0.508 e. The van der Waals surface area contributed by atoms with Crippen molar-refractivity contribution >= 4 is 15.5 Å². The number of nitrogens with two attached hydrogens (primary N) is 1. The number of hydrogen-bond donors (Lipinski definition) is 2. The Labute approximate surface area is 106 Å². The van der Waals surface area contributed by atoms with E-state index in [4.69, 9.17) is 5.73 Å². The van der Waals surface area contributed by atoms with Gasteiger partial charge in [0.05, 0.1) is 17.0 Å². The van der Waals surface area contributed by atoms with E-state index in [0.29, 0.717) is 13.0 Å². The second kappa shape index (κ2) is 3.86. The van der Waals surface area contributed by atoms with Crippen molar-refractivity contribution < 1.29 is 13.5 Å². The summed E-state index contributed by atoms with van der Waals surface area (Å²) in [4.78, 5) is 2.06. The molecule has 2 aliphatic rings. The SMILES string of the molecule is NCC1C2CC(CS2(=O)=O)N1c1cccc(O)c1. The average Bonchev–Trinajstić information content (AvgIpc) is 2.81. The molecule has 0 saturated carbocycles. The lowest BCUT2D eigenvalue weighted by Gasteiger charge is -2.36. The highest BCUT2D eigenvalue weighted by molar-refractivity contribution is 7.92. The van der Waals surface area contributed by atoms with Crippen LogP contribution in [0.3, 0.4) is 0 Å². The van der Waals surface area contributed by atoms with E-state index in [1.54, 1.807) is 18.2 Å². The van der Waals surface area contributed by atoms with Crippen molar-refractivity contribution in [2.75, 3.05) is 17.2 Å². The van der Waals surface area contributed by atoms with Gasteiger partial charge in [-0.05, 0) is 18.6 Å². The molecule has 3 unspecified atom stereocenters. The highest BCUT2D eigenvalue weighted by atomic mass is 32.2. The van der Waals surface area contributed by atoms with Gasteiger partial charge in [0.25, 0.3) is 0 Å². The molecular weight excluding hydrogens is 252 g/mol. The quantitative estimate of drug-likeness (QED) is 0.794. The number of phenolic OH excluding ortho intramolecular Hbond substituents is 1. The number of nitrogens with zero attached hydrogens (tertiary/aromatic N) is 1. The third-order valence-electron chi connectivity index (χ3n) is 3.94. The van der Waals surface area contributed by atoms with E-state index in [1.165, 1.54) is 0 Å². The Morgan fingerprint density at radius 1 is 1.44 bits per heavy atom. The normalized spacial score (nSPS) is 32.9. The minimum atomic E-state index is -2.98. The van der Waals surface area contributed by atoms with Crippen LogP contribution in [0.2, 0.25) is 0 Å². The molecule has 3 atom stereocenters. The second-order valence-electron chi connectivity index (χ2n) is 4.99. The van der Waals surface area contributed by atoms with Crippen molar-refractivity contribution in [3.05, 3.63) is 24.3 Å². The van der Waals surface area contributed by atoms with Gasteiger partial charge < -0.3 is 15.7 Å². The fourth-order valence-electron chi connectivity index (χ4n) is 3.24. The van der Waals surface area contributed by atoms with Crippen LogP contribution in [0.25, 0.3) is 0 Å². The molecule has 0 amide bonds. The Kier molecular flexibility index (Phi) is 2.53. The van der Waals surface area contributed by atoms with Crippen LogP contribution < -0.4 is 10.6 Å². The molecule has 3 N–H and O–H groups in total. The molecule has 3 rings (SSSR count). The summed E-state index contributed by atoms with van der Waals surface area (Å²) in [5.74, 6) is 0.387. The van der Waals surface area contributed by atoms with Gasteiger partial charge in [-0.1, -0.05) is 6.07 Å². The third-order valence-corrected chi connectivity index (χ3v) is 6.22. The van der Waals surface area contributed by atoms with Gasteiger partial charge in [0.2, 0.25) is 0 Å². The molecule has 2 bridgehead atoms. The topological polar surface area (TPSA) is 83.6 Å². The van der Waals surface area contributed by atoms with E-state index >= 15 is 0 Å². The molecule has 2 aliphatic heterocycles. The van der Waals surface area contributed by atoms with Gasteiger partial charge >= 0.3 is 0 Å². The highest BCUT2D eigenvalue weighted by Gasteiger charge is 2.54.